The van der Waals surface area contributed by atoms with Crippen LogP contribution in [0.1, 0.15) is 36.8 Å². The van der Waals surface area contributed by atoms with Gasteiger partial charge in [0.2, 0.25) is 0 Å². The summed E-state index contributed by atoms with van der Waals surface area (Å²) in [5.41, 5.74) is 6.20. The van der Waals surface area contributed by atoms with Gasteiger partial charge in [-0.3, -0.25) is 14.4 Å². The number of nitrogens with zero attached hydrogens (tertiary/aromatic N) is 3. The minimum atomic E-state index is -0.116. The van der Waals surface area contributed by atoms with E-state index in [0.717, 1.165) is 39.3 Å². The lowest BCUT2D eigenvalue weighted by atomic mass is 10.3. The molecule has 1 aliphatic rings. The van der Waals surface area contributed by atoms with Gasteiger partial charge in [-0.05, 0) is 26.8 Å². The maximum absolute atomic E-state index is 12.2. The van der Waals surface area contributed by atoms with Gasteiger partial charge in [0.1, 0.15) is 11.5 Å². The van der Waals surface area contributed by atoms with Gasteiger partial charge >= 0.3 is 0 Å². The average molecular weight is 295 g/mol. The fraction of sp³-hybridized carbons (Fsp3) is 0.714. The summed E-state index contributed by atoms with van der Waals surface area (Å²) in [5, 5.41) is 7.08. The number of hydrogen-bond donors (Lipinski definition) is 2. The third-order valence-corrected chi connectivity index (χ3v) is 3.52. The maximum Gasteiger partial charge on any atom is 0.269 e. The first-order valence-electron chi connectivity index (χ1n) is 7.51. The number of morpholine rings is 1. The van der Waals surface area contributed by atoms with E-state index in [1.165, 1.54) is 0 Å². The van der Waals surface area contributed by atoms with Crippen molar-refractivity contribution in [3.8, 4) is 0 Å². The van der Waals surface area contributed by atoms with Crippen molar-refractivity contribution in [2.75, 3.05) is 45.1 Å². The molecule has 0 atom stereocenters. The van der Waals surface area contributed by atoms with Gasteiger partial charge in [-0.2, -0.15) is 5.10 Å². The van der Waals surface area contributed by atoms with Crippen LogP contribution in [0.25, 0.3) is 0 Å². The van der Waals surface area contributed by atoms with Crippen LogP contribution >= 0.6 is 0 Å². The first-order valence-corrected chi connectivity index (χ1v) is 7.51. The summed E-state index contributed by atoms with van der Waals surface area (Å²) in [6.45, 7) is 9.14. The van der Waals surface area contributed by atoms with Gasteiger partial charge in [0, 0.05) is 31.7 Å². The Kier molecular flexibility index (Phi) is 5.58. The predicted molar refractivity (Wildman–Crippen MR) is 81.2 cm³/mol. The van der Waals surface area contributed by atoms with Gasteiger partial charge in [0.15, 0.2) is 0 Å². The van der Waals surface area contributed by atoms with Gasteiger partial charge in [0.05, 0.1) is 13.2 Å². The molecule has 0 aliphatic carbocycles. The molecular weight excluding hydrogens is 270 g/mol. The zero-order valence-electron chi connectivity index (χ0n) is 12.8. The molecule has 0 aromatic carbocycles. The molecule has 7 nitrogen and oxygen atoms in total. The van der Waals surface area contributed by atoms with E-state index in [9.17, 15) is 4.79 Å². The van der Waals surface area contributed by atoms with Crippen LogP contribution in [0, 0.1) is 0 Å². The highest BCUT2D eigenvalue weighted by Gasteiger charge is 2.16. The minimum absolute atomic E-state index is 0.108. The van der Waals surface area contributed by atoms with Crippen LogP contribution in [-0.2, 0) is 4.74 Å². The van der Waals surface area contributed by atoms with Crippen LogP contribution in [-0.4, -0.2) is 60.0 Å². The Hall–Kier alpha value is -1.60. The van der Waals surface area contributed by atoms with Crippen LogP contribution in [0.2, 0.25) is 0 Å². The molecular formula is C14H25N5O2. The number of ether oxygens (including phenoxy) is 1. The van der Waals surface area contributed by atoms with Crippen LogP contribution in [0.15, 0.2) is 6.07 Å². The number of nitrogens with two attached hydrogens (primary N) is 1. The number of nitrogen functional groups attached to an aromatic ring is 1. The highest BCUT2D eigenvalue weighted by atomic mass is 16.5. The topological polar surface area (TPSA) is 85.4 Å². The van der Waals surface area contributed by atoms with Crippen LogP contribution in [0.3, 0.4) is 0 Å². The second-order valence-electron chi connectivity index (χ2n) is 5.56. The summed E-state index contributed by atoms with van der Waals surface area (Å²) in [6, 6.07) is 1.73. The number of amides is 1. The Labute approximate surface area is 125 Å². The Balaban J connectivity index is 1.76. The molecule has 2 heterocycles. The average Bonchev–Trinajstić information content (AvgIpc) is 2.87. The number of aromatic nitrogens is 2. The predicted octanol–water partition coefficient (Wildman–Crippen LogP) is 0.498. The van der Waals surface area contributed by atoms with Crippen molar-refractivity contribution in [1.82, 2.24) is 20.0 Å². The zero-order chi connectivity index (χ0) is 15.2. The zero-order valence-corrected chi connectivity index (χ0v) is 12.8. The van der Waals surface area contributed by atoms with E-state index in [-0.39, 0.29) is 11.9 Å². The van der Waals surface area contributed by atoms with Gasteiger partial charge < -0.3 is 15.8 Å². The molecule has 0 unspecified atom stereocenters. The molecule has 0 spiro atoms. The van der Waals surface area contributed by atoms with Crippen LogP contribution in [0.4, 0.5) is 5.82 Å². The maximum atomic E-state index is 12.2. The summed E-state index contributed by atoms with van der Waals surface area (Å²) in [6.07, 6.45) is 0.928. The summed E-state index contributed by atoms with van der Waals surface area (Å²) >= 11 is 0. The molecule has 2 rings (SSSR count). The van der Waals surface area contributed by atoms with Gasteiger partial charge in [-0.15, -0.1) is 0 Å². The van der Waals surface area contributed by atoms with E-state index in [4.69, 9.17) is 10.5 Å². The Morgan fingerprint density at radius 2 is 2.19 bits per heavy atom. The second kappa shape index (κ2) is 7.42. The third kappa shape index (κ3) is 4.44. The smallest absolute Gasteiger partial charge is 0.269 e. The van der Waals surface area contributed by atoms with E-state index < -0.39 is 0 Å². The molecule has 1 amide bonds. The van der Waals surface area contributed by atoms with Crippen molar-refractivity contribution in [2.24, 2.45) is 0 Å². The molecule has 1 saturated heterocycles. The van der Waals surface area contributed by atoms with E-state index in [0.29, 0.717) is 18.1 Å². The van der Waals surface area contributed by atoms with Crippen LogP contribution < -0.4 is 11.1 Å². The van der Waals surface area contributed by atoms with Crippen molar-refractivity contribution in [1.29, 1.82) is 0 Å². The standard InChI is InChI=1S/C14H25N5O2/c1-11(2)19-12(10-13(15)17-19)14(20)16-4-3-5-18-6-8-21-9-7-18/h10-11H,3-9H2,1-2H3,(H2,15,17)(H,16,20). The third-order valence-electron chi connectivity index (χ3n) is 3.52. The normalized spacial score (nSPS) is 16.3. The molecule has 3 N–H and O–H groups in total. The highest BCUT2D eigenvalue weighted by Crippen LogP contribution is 2.12. The first-order chi connectivity index (χ1) is 10.1. The molecule has 0 radical (unpaired) electrons. The van der Waals surface area contributed by atoms with Gasteiger partial charge in [0.25, 0.3) is 5.91 Å². The molecule has 1 aromatic heterocycles. The number of carbonyl (C=O) groups excluding carboxylic acids is 1. The molecule has 21 heavy (non-hydrogen) atoms. The highest BCUT2D eigenvalue weighted by molar-refractivity contribution is 5.93. The molecule has 7 heteroatoms. The molecule has 1 fully saturated rings. The Morgan fingerprint density at radius 3 is 2.86 bits per heavy atom. The van der Waals surface area contributed by atoms with Crippen molar-refractivity contribution in [3.63, 3.8) is 0 Å². The largest absolute Gasteiger partial charge is 0.382 e. The fourth-order valence-electron chi connectivity index (χ4n) is 2.40. The number of rotatable bonds is 6. The number of hydrogen-bond acceptors (Lipinski definition) is 5. The van der Waals surface area contributed by atoms with Crippen molar-refractivity contribution >= 4 is 11.7 Å². The lowest BCUT2D eigenvalue weighted by molar-refractivity contribution is 0.0374. The van der Waals surface area contributed by atoms with E-state index in [2.05, 4.69) is 15.3 Å². The van der Waals surface area contributed by atoms with E-state index in [1.807, 2.05) is 13.8 Å². The SMILES string of the molecule is CC(C)n1nc(N)cc1C(=O)NCCCN1CCOCC1. The van der Waals surface area contributed by atoms with E-state index in [1.54, 1.807) is 10.7 Å². The minimum Gasteiger partial charge on any atom is -0.382 e. The summed E-state index contributed by atoms with van der Waals surface area (Å²) < 4.78 is 6.97. The van der Waals surface area contributed by atoms with E-state index >= 15 is 0 Å². The number of anilines is 1. The summed E-state index contributed by atoms with van der Waals surface area (Å²) in [4.78, 5) is 14.5. The summed E-state index contributed by atoms with van der Waals surface area (Å²) in [7, 11) is 0. The number of nitrogens with one attached hydrogen (secondary N) is 1. The molecule has 0 bridgehead atoms. The monoisotopic (exact) mass is 295 g/mol. The first kappa shape index (κ1) is 15.8. The second-order valence-corrected chi connectivity index (χ2v) is 5.56. The lowest BCUT2D eigenvalue weighted by Crippen LogP contribution is -2.38. The lowest BCUT2D eigenvalue weighted by Gasteiger charge is -2.26. The van der Waals surface area contributed by atoms with Crippen molar-refractivity contribution in [2.45, 2.75) is 26.3 Å². The van der Waals surface area contributed by atoms with Crippen molar-refractivity contribution in [3.05, 3.63) is 11.8 Å². The number of carbonyl (C=O) groups is 1. The van der Waals surface area contributed by atoms with Crippen LogP contribution in [0.5, 0.6) is 0 Å². The summed E-state index contributed by atoms with van der Waals surface area (Å²) in [5.74, 6) is 0.261. The molecule has 118 valence electrons. The Morgan fingerprint density at radius 1 is 1.48 bits per heavy atom. The Bertz CT molecular complexity index is 466. The van der Waals surface area contributed by atoms with Gasteiger partial charge in [-0.25, -0.2) is 0 Å². The molecule has 1 aliphatic heterocycles. The molecule has 1 aromatic rings. The van der Waals surface area contributed by atoms with Crippen molar-refractivity contribution < 1.29 is 9.53 Å². The molecule has 0 saturated carbocycles. The quantitative estimate of drug-likeness (QED) is 0.746. The van der Waals surface area contributed by atoms with Gasteiger partial charge in [-0.1, -0.05) is 0 Å². The fourth-order valence-corrected chi connectivity index (χ4v) is 2.40.